The topological polar surface area (TPSA) is 103 Å². The van der Waals surface area contributed by atoms with E-state index in [1.807, 2.05) is 9.80 Å². The van der Waals surface area contributed by atoms with Crippen LogP contribution in [0, 0.1) is 11.6 Å². The number of aliphatic hydroxyl groups is 2. The summed E-state index contributed by atoms with van der Waals surface area (Å²) in [6.07, 6.45) is 3.31. The maximum absolute atomic E-state index is 14.2. The Kier molecular flexibility index (Phi) is 7.03. The highest BCUT2D eigenvalue weighted by molar-refractivity contribution is 5.83. The number of anilines is 1. The zero-order valence-corrected chi connectivity index (χ0v) is 21.0. The van der Waals surface area contributed by atoms with Crippen LogP contribution in [0.5, 0.6) is 0 Å². The normalized spacial score (nSPS) is 15.8. The van der Waals surface area contributed by atoms with Crippen LogP contribution in [0.4, 0.5) is 19.0 Å². The quantitative estimate of drug-likeness (QED) is 0.378. The van der Waals surface area contributed by atoms with Crippen molar-refractivity contribution >= 4 is 16.9 Å². The highest BCUT2D eigenvalue weighted by atomic mass is 19.1. The lowest BCUT2D eigenvalue weighted by Gasteiger charge is -2.36. The molecule has 0 saturated carbocycles. The van der Waals surface area contributed by atoms with E-state index in [0.717, 1.165) is 16.8 Å². The fourth-order valence-corrected chi connectivity index (χ4v) is 4.47. The van der Waals surface area contributed by atoms with Gasteiger partial charge in [-0.3, -0.25) is 9.88 Å². The lowest BCUT2D eigenvalue weighted by atomic mass is 9.98. The monoisotopic (exact) mass is 527 g/mol. The second-order valence-corrected chi connectivity index (χ2v) is 9.94. The van der Waals surface area contributed by atoms with Gasteiger partial charge in [-0.25, -0.2) is 27.8 Å². The van der Waals surface area contributed by atoms with Crippen LogP contribution in [0.1, 0.15) is 31.2 Å². The molecule has 1 aliphatic heterocycles. The molecule has 0 radical (unpaired) electrons. The minimum atomic E-state index is -1.41. The molecule has 3 aromatic heterocycles. The van der Waals surface area contributed by atoms with Crippen LogP contribution in [0.15, 0.2) is 42.9 Å². The highest BCUT2D eigenvalue weighted by Crippen LogP contribution is 2.32. The lowest BCUT2D eigenvalue weighted by molar-refractivity contribution is -0.0516. The molecule has 0 aliphatic carbocycles. The maximum Gasteiger partial charge on any atom is 0.181 e. The van der Waals surface area contributed by atoms with Crippen LogP contribution in [0.2, 0.25) is 0 Å². The molecule has 200 valence electrons. The number of alkyl halides is 1. The minimum Gasteiger partial charge on any atom is -0.387 e. The molecule has 4 heterocycles. The second kappa shape index (κ2) is 10.3. The summed E-state index contributed by atoms with van der Waals surface area (Å²) in [5.74, 6) is -0.380. The molecular formula is C26H28F3N7O2. The predicted octanol–water partition coefficient (Wildman–Crippen LogP) is 3.22. The van der Waals surface area contributed by atoms with E-state index in [4.69, 9.17) is 9.97 Å². The van der Waals surface area contributed by atoms with E-state index >= 15 is 0 Å². The maximum atomic E-state index is 14.2. The van der Waals surface area contributed by atoms with Gasteiger partial charge in [-0.15, -0.1) is 0 Å². The fraction of sp³-hybridized carbons (Fsp3) is 0.385. The molecule has 0 amide bonds. The van der Waals surface area contributed by atoms with Gasteiger partial charge in [0.25, 0.3) is 0 Å². The average molecular weight is 528 g/mol. The van der Waals surface area contributed by atoms with Crippen molar-refractivity contribution in [2.45, 2.75) is 38.9 Å². The van der Waals surface area contributed by atoms with E-state index in [9.17, 15) is 23.4 Å². The van der Waals surface area contributed by atoms with Crippen molar-refractivity contribution in [1.82, 2.24) is 29.6 Å². The van der Waals surface area contributed by atoms with Gasteiger partial charge >= 0.3 is 0 Å². The largest absolute Gasteiger partial charge is 0.387 e. The number of hydrogen-bond acceptors (Lipinski definition) is 8. The first-order valence-electron chi connectivity index (χ1n) is 12.2. The third-order valence-electron chi connectivity index (χ3n) is 6.61. The fourth-order valence-electron chi connectivity index (χ4n) is 4.47. The van der Waals surface area contributed by atoms with Gasteiger partial charge in [-0.1, -0.05) is 0 Å². The number of piperazine rings is 1. The van der Waals surface area contributed by atoms with Crippen molar-refractivity contribution in [2.24, 2.45) is 0 Å². The van der Waals surface area contributed by atoms with E-state index in [1.54, 1.807) is 12.3 Å². The minimum absolute atomic E-state index is 0.255. The Bertz CT molecular complexity index is 1450. The zero-order chi connectivity index (χ0) is 27.0. The van der Waals surface area contributed by atoms with Gasteiger partial charge in [0.15, 0.2) is 12.6 Å². The van der Waals surface area contributed by atoms with Crippen LogP contribution in [0.25, 0.3) is 22.3 Å². The summed E-state index contributed by atoms with van der Waals surface area (Å²) in [4.78, 5) is 17.9. The first-order chi connectivity index (χ1) is 18.1. The van der Waals surface area contributed by atoms with Crippen LogP contribution in [-0.2, 0) is 13.3 Å². The molecule has 12 heteroatoms. The van der Waals surface area contributed by atoms with Gasteiger partial charge in [0.2, 0.25) is 0 Å². The zero-order valence-electron chi connectivity index (χ0n) is 21.0. The van der Waals surface area contributed by atoms with Crippen molar-refractivity contribution in [1.29, 1.82) is 0 Å². The molecule has 1 saturated heterocycles. The Morgan fingerprint density at radius 2 is 1.79 bits per heavy atom. The van der Waals surface area contributed by atoms with Gasteiger partial charge in [0, 0.05) is 50.0 Å². The Labute approximate surface area is 217 Å². The van der Waals surface area contributed by atoms with Crippen molar-refractivity contribution in [3.8, 4) is 11.3 Å². The van der Waals surface area contributed by atoms with Gasteiger partial charge in [-0.2, -0.15) is 5.10 Å². The van der Waals surface area contributed by atoms with Crippen LogP contribution < -0.4 is 4.90 Å². The van der Waals surface area contributed by atoms with Gasteiger partial charge in [0.05, 0.1) is 29.2 Å². The first kappa shape index (κ1) is 26.0. The molecule has 2 N–H and O–H groups in total. The number of hydrogen-bond donors (Lipinski definition) is 2. The second-order valence-electron chi connectivity index (χ2n) is 9.94. The summed E-state index contributed by atoms with van der Waals surface area (Å²) in [6, 6.07) is 5.04. The Morgan fingerprint density at radius 3 is 2.47 bits per heavy atom. The Hall–Kier alpha value is -3.61. The predicted molar refractivity (Wildman–Crippen MR) is 135 cm³/mol. The third-order valence-corrected chi connectivity index (χ3v) is 6.61. The van der Waals surface area contributed by atoms with Crippen molar-refractivity contribution in [3.05, 3.63) is 65.7 Å². The number of benzene rings is 1. The SMILES string of the molecule is CC(C)(O)[C@@H](O)c1cc2nc(N3CCN(Cc4cc(F)ccc4F)CC3)c(-c3cnn(CF)c3)nc2cn1. The number of aromatic nitrogens is 5. The number of rotatable bonds is 7. The molecule has 1 fully saturated rings. The molecule has 38 heavy (non-hydrogen) atoms. The lowest BCUT2D eigenvalue weighted by Crippen LogP contribution is -2.46. The van der Waals surface area contributed by atoms with Crippen LogP contribution in [-0.4, -0.2) is 71.6 Å². The van der Waals surface area contributed by atoms with E-state index in [2.05, 4.69) is 10.1 Å². The van der Waals surface area contributed by atoms with E-state index in [1.165, 1.54) is 32.3 Å². The molecule has 1 aromatic carbocycles. The van der Waals surface area contributed by atoms with Crippen molar-refractivity contribution in [2.75, 3.05) is 31.1 Å². The highest BCUT2D eigenvalue weighted by Gasteiger charge is 2.29. The Morgan fingerprint density at radius 1 is 1.03 bits per heavy atom. The summed E-state index contributed by atoms with van der Waals surface area (Å²) >= 11 is 0. The molecule has 5 rings (SSSR count). The molecule has 9 nitrogen and oxygen atoms in total. The third kappa shape index (κ3) is 5.33. The number of aliphatic hydroxyl groups excluding tert-OH is 1. The smallest absolute Gasteiger partial charge is 0.181 e. The van der Waals surface area contributed by atoms with Gasteiger partial charge < -0.3 is 15.1 Å². The number of pyridine rings is 1. The Balaban J connectivity index is 1.46. The molecule has 4 aromatic rings. The average Bonchev–Trinajstić information content (AvgIpc) is 3.38. The van der Waals surface area contributed by atoms with E-state index < -0.39 is 30.1 Å². The van der Waals surface area contributed by atoms with Crippen molar-refractivity contribution < 1.29 is 23.4 Å². The summed E-state index contributed by atoms with van der Waals surface area (Å²) in [5.41, 5.74) is 1.16. The van der Waals surface area contributed by atoms with Gasteiger partial charge in [0.1, 0.15) is 28.9 Å². The summed E-state index contributed by atoms with van der Waals surface area (Å²) in [6.45, 7) is 4.67. The standard InChI is InChI=1S/C26H28F3N7O2/c1-26(2,38)24(37)21-10-20-22(12-30-21)32-23(17-11-31-36(14-17)15-27)25(33-20)35-7-5-34(6-8-35)13-16-9-18(28)3-4-19(16)29/h3-4,9-12,14,24,37-38H,5-8,13,15H2,1-2H3/t24-/m0/s1. The summed E-state index contributed by atoms with van der Waals surface area (Å²) < 4.78 is 42.1. The van der Waals surface area contributed by atoms with E-state index in [0.29, 0.717) is 59.9 Å². The molecule has 0 spiro atoms. The molecule has 1 aliphatic rings. The summed E-state index contributed by atoms with van der Waals surface area (Å²) in [7, 11) is 0. The number of fused-ring (bicyclic) bond motifs is 1. The van der Waals surface area contributed by atoms with Crippen LogP contribution >= 0.6 is 0 Å². The van der Waals surface area contributed by atoms with Crippen LogP contribution in [0.3, 0.4) is 0 Å². The number of halogens is 3. The van der Waals surface area contributed by atoms with Crippen molar-refractivity contribution in [3.63, 3.8) is 0 Å². The number of nitrogens with zero attached hydrogens (tertiary/aromatic N) is 7. The summed E-state index contributed by atoms with van der Waals surface area (Å²) in [5, 5.41) is 24.8. The van der Waals surface area contributed by atoms with Gasteiger partial charge in [-0.05, 0) is 38.1 Å². The molecule has 0 unspecified atom stereocenters. The molecular weight excluding hydrogens is 499 g/mol. The van der Waals surface area contributed by atoms with E-state index in [-0.39, 0.29) is 12.2 Å². The molecule has 0 bridgehead atoms. The first-order valence-corrected chi connectivity index (χ1v) is 12.2. The molecule has 1 atom stereocenters.